The van der Waals surface area contributed by atoms with Crippen LogP contribution in [0.5, 0.6) is 0 Å². The lowest BCUT2D eigenvalue weighted by Gasteiger charge is -2.53. The molecular formula is C24H26BrN3O3. The molecule has 0 N–H and O–H groups in total. The van der Waals surface area contributed by atoms with Crippen molar-refractivity contribution in [1.82, 2.24) is 14.5 Å². The van der Waals surface area contributed by atoms with Crippen molar-refractivity contribution in [3.05, 3.63) is 64.0 Å². The Morgan fingerprint density at radius 3 is 2.94 bits per heavy atom. The van der Waals surface area contributed by atoms with Gasteiger partial charge in [-0.2, -0.15) is 0 Å². The molecule has 6 nitrogen and oxygen atoms in total. The average molecular weight is 484 g/mol. The predicted octanol–water partition coefficient (Wildman–Crippen LogP) is 3.91. The Labute approximate surface area is 190 Å². The van der Waals surface area contributed by atoms with Crippen LogP contribution in [0.15, 0.2) is 47.3 Å². The molecule has 3 heterocycles. The van der Waals surface area contributed by atoms with Gasteiger partial charge < -0.3 is 14.0 Å². The van der Waals surface area contributed by atoms with E-state index in [0.29, 0.717) is 12.2 Å². The van der Waals surface area contributed by atoms with Gasteiger partial charge in [-0.15, -0.1) is 0 Å². The van der Waals surface area contributed by atoms with E-state index >= 15 is 0 Å². The third kappa shape index (κ3) is 3.30. The number of hydrogen-bond acceptors (Lipinski definition) is 5. The molecule has 31 heavy (non-hydrogen) atoms. The Kier molecular flexibility index (Phi) is 5.15. The summed E-state index contributed by atoms with van der Waals surface area (Å²) >= 11 is 3.35. The summed E-state index contributed by atoms with van der Waals surface area (Å²) in [6, 6.07) is 8.47. The van der Waals surface area contributed by atoms with Gasteiger partial charge in [0.25, 0.3) is 0 Å². The molecule has 1 aliphatic heterocycles. The molecule has 162 valence electrons. The Balaban J connectivity index is 1.44. The van der Waals surface area contributed by atoms with E-state index in [9.17, 15) is 4.79 Å². The van der Waals surface area contributed by atoms with Gasteiger partial charge in [-0.05, 0) is 59.1 Å². The van der Waals surface area contributed by atoms with Crippen LogP contribution in [-0.2, 0) is 28.5 Å². The third-order valence-corrected chi connectivity index (χ3v) is 7.36. The number of methoxy groups -OCH3 is 1. The van der Waals surface area contributed by atoms with Crippen molar-refractivity contribution in [3.63, 3.8) is 0 Å². The fraction of sp³-hybridized carbons (Fsp3) is 0.417. The molecule has 2 aliphatic rings. The fourth-order valence-electron chi connectivity index (χ4n) is 5.63. The number of carbonyl (C=O) groups excluding carboxylic acids is 1. The number of rotatable bonds is 4. The summed E-state index contributed by atoms with van der Waals surface area (Å²) in [5.74, 6) is -0.174. The SMILES string of the molecule is CO[C@]12CC(COC(=O)c3cncc(Br)c3)CN(C)C1Cc1cn(C)c3cccc2c13. The first-order valence-electron chi connectivity index (χ1n) is 10.5. The molecule has 3 aromatic rings. The van der Waals surface area contributed by atoms with Gasteiger partial charge in [-0.3, -0.25) is 9.88 Å². The van der Waals surface area contributed by atoms with E-state index in [1.54, 1.807) is 12.3 Å². The number of esters is 1. The minimum Gasteiger partial charge on any atom is -0.462 e. The van der Waals surface area contributed by atoms with Crippen LogP contribution in [0.2, 0.25) is 0 Å². The summed E-state index contributed by atoms with van der Waals surface area (Å²) in [5.41, 5.74) is 3.90. The number of aryl methyl sites for hydroxylation is 1. The Bertz CT molecular complexity index is 1160. The largest absolute Gasteiger partial charge is 0.462 e. The van der Waals surface area contributed by atoms with Gasteiger partial charge in [0.15, 0.2) is 0 Å². The number of carbonyl (C=O) groups is 1. The molecule has 1 fully saturated rings. The second-order valence-electron chi connectivity index (χ2n) is 8.78. The van der Waals surface area contributed by atoms with Gasteiger partial charge in [-0.25, -0.2) is 4.79 Å². The van der Waals surface area contributed by atoms with Crippen LogP contribution in [0, 0.1) is 5.92 Å². The zero-order chi connectivity index (χ0) is 21.8. The van der Waals surface area contributed by atoms with Crippen molar-refractivity contribution in [3.8, 4) is 0 Å². The average Bonchev–Trinajstić information content (AvgIpc) is 3.09. The molecule has 0 saturated carbocycles. The maximum absolute atomic E-state index is 12.5. The molecule has 1 aromatic carbocycles. The minimum absolute atomic E-state index is 0.172. The van der Waals surface area contributed by atoms with Gasteiger partial charge in [0, 0.05) is 66.6 Å². The molecule has 0 radical (unpaired) electrons. The third-order valence-electron chi connectivity index (χ3n) is 6.93. The summed E-state index contributed by atoms with van der Waals surface area (Å²) in [5, 5.41) is 1.31. The van der Waals surface area contributed by atoms with Gasteiger partial charge >= 0.3 is 5.97 Å². The molecule has 1 saturated heterocycles. The number of aromatic nitrogens is 2. The van der Waals surface area contributed by atoms with E-state index in [1.807, 2.05) is 7.11 Å². The number of likely N-dealkylation sites (tertiary alicyclic amines) is 1. The highest BCUT2D eigenvalue weighted by Crippen LogP contribution is 2.49. The number of piperidine rings is 1. The van der Waals surface area contributed by atoms with Crippen LogP contribution < -0.4 is 0 Å². The first-order chi connectivity index (χ1) is 14.9. The van der Waals surface area contributed by atoms with Gasteiger partial charge in [0.2, 0.25) is 0 Å². The van der Waals surface area contributed by atoms with Crippen molar-refractivity contribution >= 4 is 32.8 Å². The number of nitrogens with zero attached hydrogens (tertiary/aromatic N) is 3. The van der Waals surface area contributed by atoms with Crippen LogP contribution >= 0.6 is 15.9 Å². The number of likely N-dealkylation sites (N-methyl/N-ethyl adjacent to an activating group) is 1. The first-order valence-corrected chi connectivity index (χ1v) is 11.3. The minimum atomic E-state index is -0.421. The zero-order valence-electron chi connectivity index (χ0n) is 18.0. The standard InChI is InChI=1S/C24H26BrN3O3/c1-27-13-17-8-21-24(30-3,19-5-4-6-20(27)22(17)19)9-15(12-28(21)2)14-31-23(29)16-7-18(25)11-26-10-16/h4-7,10-11,13,15,21H,8-9,12,14H2,1-3H3/t15?,21?,24-/m0/s1. The van der Waals surface area contributed by atoms with Crippen LogP contribution in [-0.4, -0.2) is 53.8 Å². The smallest absolute Gasteiger partial charge is 0.339 e. The molecule has 5 rings (SSSR count). The Morgan fingerprint density at radius 1 is 1.32 bits per heavy atom. The second-order valence-corrected chi connectivity index (χ2v) is 9.69. The number of halogens is 1. The monoisotopic (exact) mass is 483 g/mol. The zero-order valence-corrected chi connectivity index (χ0v) is 19.6. The lowest BCUT2D eigenvalue weighted by Crippen LogP contribution is -2.59. The number of ether oxygens (including phenoxy) is 2. The summed E-state index contributed by atoms with van der Waals surface area (Å²) in [6.45, 7) is 1.21. The summed E-state index contributed by atoms with van der Waals surface area (Å²) in [7, 11) is 6.07. The summed E-state index contributed by atoms with van der Waals surface area (Å²) in [4.78, 5) is 19.0. The van der Waals surface area contributed by atoms with Crippen LogP contribution in [0.25, 0.3) is 10.9 Å². The number of pyridine rings is 1. The van der Waals surface area contributed by atoms with Crippen LogP contribution in [0.4, 0.5) is 0 Å². The normalized spacial score (nSPS) is 25.4. The molecule has 0 bridgehead atoms. The van der Waals surface area contributed by atoms with Crippen molar-refractivity contribution in [2.45, 2.75) is 24.5 Å². The number of fused-ring (bicyclic) bond motifs is 2. The summed E-state index contributed by atoms with van der Waals surface area (Å²) in [6.07, 6.45) is 7.20. The molecular weight excluding hydrogens is 458 g/mol. The first kappa shape index (κ1) is 20.7. The van der Waals surface area contributed by atoms with Crippen LogP contribution in [0.1, 0.15) is 27.9 Å². The van der Waals surface area contributed by atoms with Gasteiger partial charge in [0.1, 0.15) is 5.60 Å². The molecule has 3 atom stereocenters. The number of hydrogen-bond donors (Lipinski definition) is 0. The Morgan fingerprint density at radius 2 is 2.16 bits per heavy atom. The molecule has 2 aromatic heterocycles. The highest BCUT2D eigenvalue weighted by Gasteiger charge is 2.51. The highest BCUT2D eigenvalue weighted by molar-refractivity contribution is 9.10. The molecule has 2 unspecified atom stereocenters. The predicted molar refractivity (Wildman–Crippen MR) is 122 cm³/mol. The molecule has 7 heteroatoms. The van der Waals surface area contributed by atoms with E-state index in [1.165, 1.54) is 28.2 Å². The van der Waals surface area contributed by atoms with Crippen LogP contribution in [0.3, 0.4) is 0 Å². The van der Waals surface area contributed by atoms with E-state index in [-0.39, 0.29) is 17.9 Å². The fourth-order valence-corrected chi connectivity index (χ4v) is 5.99. The van der Waals surface area contributed by atoms with Crippen molar-refractivity contribution in [2.24, 2.45) is 13.0 Å². The van der Waals surface area contributed by atoms with E-state index in [2.05, 4.69) is 68.9 Å². The van der Waals surface area contributed by atoms with Gasteiger partial charge in [0.05, 0.1) is 12.2 Å². The second kappa shape index (κ2) is 7.73. The quantitative estimate of drug-likeness (QED) is 0.526. The summed E-state index contributed by atoms with van der Waals surface area (Å²) < 4.78 is 15.0. The molecule has 1 aliphatic carbocycles. The molecule has 0 spiro atoms. The Hall–Kier alpha value is -2.22. The highest BCUT2D eigenvalue weighted by atomic mass is 79.9. The van der Waals surface area contributed by atoms with Crippen molar-refractivity contribution in [1.29, 1.82) is 0 Å². The van der Waals surface area contributed by atoms with Gasteiger partial charge in [-0.1, -0.05) is 12.1 Å². The topological polar surface area (TPSA) is 56.6 Å². The maximum atomic E-state index is 12.5. The van der Waals surface area contributed by atoms with E-state index < -0.39 is 5.60 Å². The lowest BCUT2D eigenvalue weighted by atomic mass is 9.69. The van der Waals surface area contributed by atoms with E-state index in [0.717, 1.165) is 23.9 Å². The maximum Gasteiger partial charge on any atom is 0.339 e. The molecule has 0 amide bonds. The number of benzene rings is 1. The van der Waals surface area contributed by atoms with E-state index in [4.69, 9.17) is 9.47 Å². The lowest BCUT2D eigenvalue weighted by molar-refractivity contribution is -0.131. The van der Waals surface area contributed by atoms with Crippen molar-refractivity contribution < 1.29 is 14.3 Å². The van der Waals surface area contributed by atoms with Crippen molar-refractivity contribution in [2.75, 3.05) is 27.3 Å².